The van der Waals surface area contributed by atoms with E-state index in [-0.39, 0.29) is 5.91 Å². The molecule has 4 aromatic rings. The molecule has 0 bridgehead atoms. The lowest BCUT2D eigenvalue weighted by Gasteiger charge is -2.25. The second kappa shape index (κ2) is 8.01. The van der Waals surface area contributed by atoms with E-state index in [9.17, 15) is 4.79 Å². The molecule has 0 aliphatic rings. The number of nitrogens with zero attached hydrogens (tertiary/aromatic N) is 1. The summed E-state index contributed by atoms with van der Waals surface area (Å²) in [6.45, 7) is 3.43. The monoisotopic (exact) mass is 440 g/mol. The molecule has 0 saturated carbocycles. The summed E-state index contributed by atoms with van der Waals surface area (Å²) in [7, 11) is 0. The molecular formula is C23H18Cl2N2O3. The Kier molecular flexibility index (Phi) is 5.41. The van der Waals surface area contributed by atoms with Crippen molar-refractivity contribution in [1.29, 1.82) is 0 Å². The van der Waals surface area contributed by atoms with Crippen LogP contribution in [0.15, 0.2) is 71.1 Å². The van der Waals surface area contributed by atoms with Crippen LogP contribution in [0.2, 0.25) is 10.0 Å². The van der Waals surface area contributed by atoms with E-state index in [1.54, 1.807) is 62.4 Å². The third-order valence-electron chi connectivity index (χ3n) is 4.47. The molecule has 1 heterocycles. The molecule has 3 aromatic carbocycles. The van der Waals surface area contributed by atoms with Crippen LogP contribution in [0.5, 0.6) is 5.75 Å². The number of benzene rings is 3. The van der Waals surface area contributed by atoms with Crippen LogP contribution in [0.1, 0.15) is 13.8 Å². The van der Waals surface area contributed by atoms with Gasteiger partial charge in [0.2, 0.25) is 5.89 Å². The maximum atomic E-state index is 12.8. The predicted octanol–water partition coefficient (Wildman–Crippen LogP) is 6.60. The third-order valence-corrected chi connectivity index (χ3v) is 5.02. The van der Waals surface area contributed by atoms with Gasteiger partial charge in [0.25, 0.3) is 5.91 Å². The summed E-state index contributed by atoms with van der Waals surface area (Å²) >= 11 is 12.2. The molecule has 0 atom stereocenters. The zero-order valence-electron chi connectivity index (χ0n) is 16.3. The molecule has 0 fully saturated rings. The van der Waals surface area contributed by atoms with Gasteiger partial charge in [-0.3, -0.25) is 4.79 Å². The number of hydrogen-bond donors (Lipinski definition) is 1. The number of hydrogen-bond acceptors (Lipinski definition) is 4. The normalized spacial score (nSPS) is 11.5. The minimum atomic E-state index is -1.07. The number of rotatable bonds is 5. The molecular weight excluding hydrogens is 423 g/mol. The third kappa shape index (κ3) is 4.27. The van der Waals surface area contributed by atoms with Gasteiger partial charge in [0.1, 0.15) is 11.3 Å². The molecule has 30 heavy (non-hydrogen) atoms. The van der Waals surface area contributed by atoms with Crippen LogP contribution in [0, 0.1) is 0 Å². The Morgan fingerprint density at radius 2 is 1.80 bits per heavy atom. The summed E-state index contributed by atoms with van der Waals surface area (Å²) in [5.41, 5.74) is 1.33. The molecule has 0 aliphatic carbocycles. The fourth-order valence-electron chi connectivity index (χ4n) is 2.89. The summed E-state index contributed by atoms with van der Waals surface area (Å²) in [5.74, 6) is 0.715. The number of carbonyl (C=O) groups is 1. The second-order valence-corrected chi connectivity index (χ2v) is 8.05. The first-order valence-corrected chi connectivity index (χ1v) is 9.99. The van der Waals surface area contributed by atoms with Crippen molar-refractivity contribution >= 4 is 45.9 Å². The Hall–Kier alpha value is -3.02. The molecule has 1 aromatic heterocycles. The van der Waals surface area contributed by atoms with Gasteiger partial charge < -0.3 is 14.5 Å². The summed E-state index contributed by atoms with van der Waals surface area (Å²) in [6, 6.07) is 19.5. The first kappa shape index (κ1) is 20.3. The molecule has 152 valence electrons. The van der Waals surface area contributed by atoms with Crippen LogP contribution < -0.4 is 10.1 Å². The van der Waals surface area contributed by atoms with Crippen LogP contribution in [-0.2, 0) is 4.79 Å². The Morgan fingerprint density at radius 3 is 2.53 bits per heavy atom. The van der Waals surface area contributed by atoms with Gasteiger partial charge in [0, 0.05) is 10.7 Å². The summed E-state index contributed by atoms with van der Waals surface area (Å²) in [6.07, 6.45) is 0. The van der Waals surface area contributed by atoms with Crippen molar-refractivity contribution < 1.29 is 13.9 Å². The van der Waals surface area contributed by atoms with Gasteiger partial charge in [0.15, 0.2) is 11.2 Å². The number of aromatic nitrogens is 1. The first-order chi connectivity index (χ1) is 14.3. The van der Waals surface area contributed by atoms with Gasteiger partial charge in [0.05, 0.1) is 10.6 Å². The van der Waals surface area contributed by atoms with E-state index in [1.807, 2.05) is 18.2 Å². The van der Waals surface area contributed by atoms with Crippen molar-refractivity contribution in [2.45, 2.75) is 19.4 Å². The molecule has 0 spiro atoms. The largest absolute Gasteiger partial charge is 0.478 e. The van der Waals surface area contributed by atoms with Crippen molar-refractivity contribution in [1.82, 2.24) is 4.98 Å². The molecule has 0 radical (unpaired) electrons. The highest BCUT2D eigenvalue weighted by atomic mass is 35.5. The fourth-order valence-corrected chi connectivity index (χ4v) is 3.38. The van der Waals surface area contributed by atoms with Crippen LogP contribution in [0.3, 0.4) is 0 Å². The summed E-state index contributed by atoms with van der Waals surface area (Å²) in [5, 5.41) is 3.85. The van der Waals surface area contributed by atoms with Gasteiger partial charge in [-0.15, -0.1) is 0 Å². The average Bonchev–Trinajstić information content (AvgIpc) is 3.11. The molecule has 5 nitrogen and oxygen atoms in total. The Balaban J connectivity index is 1.55. The fraction of sp³-hybridized carbons (Fsp3) is 0.130. The highest BCUT2D eigenvalue weighted by molar-refractivity contribution is 6.36. The standard InChI is InChI=1S/C23H18Cl2N2O3/c1-23(2,30-16-6-4-3-5-7-16)22(28)26-15-9-11-20-19(13-15)27-21(29-20)17-10-8-14(24)12-18(17)25/h3-13H,1-2H3,(H,26,28). The molecule has 1 amide bonds. The number of carbonyl (C=O) groups excluding carboxylic acids is 1. The number of amides is 1. The second-order valence-electron chi connectivity index (χ2n) is 7.21. The van der Waals surface area contributed by atoms with Crippen LogP contribution >= 0.6 is 23.2 Å². The highest BCUT2D eigenvalue weighted by Crippen LogP contribution is 2.32. The summed E-state index contributed by atoms with van der Waals surface area (Å²) < 4.78 is 11.6. The number of para-hydroxylation sites is 1. The molecule has 1 N–H and O–H groups in total. The van der Waals surface area contributed by atoms with Crippen molar-refractivity contribution in [3.05, 3.63) is 76.8 Å². The highest BCUT2D eigenvalue weighted by Gasteiger charge is 2.30. The molecule has 4 rings (SSSR count). The van der Waals surface area contributed by atoms with E-state index < -0.39 is 5.60 Å². The lowest BCUT2D eigenvalue weighted by molar-refractivity contribution is -0.128. The first-order valence-electron chi connectivity index (χ1n) is 9.23. The lowest BCUT2D eigenvalue weighted by atomic mass is 10.1. The Labute approximate surface area is 183 Å². The zero-order valence-corrected chi connectivity index (χ0v) is 17.8. The zero-order chi connectivity index (χ0) is 21.3. The van der Waals surface area contributed by atoms with Gasteiger partial charge >= 0.3 is 0 Å². The SMILES string of the molecule is CC(C)(Oc1ccccc1)C(=O)Nc1ccc2oc(-c3ccc(Cl)cc3Cl)nc2c1. The van der Waals surface area contributed by atoms with Gasteiger partial charge in [-0.1, -0.05) is 41.4 Å². The van der Waals surface area contributed by atoms with Crippen molar-refractivity contribution in [2.75, 3.05) is 5.32 Å². The minimum Gasteiger partial charge on any atom is -0.478 e. The van der Waals surface area contributed by atoms with Crippen LogP contribution in [0.25, 0.3) is 22.6 Å². The van der Waals surface area contributed by atoms with Gasteiger partial charge in [-0.05, 0) is 62.4 Å². The lowest BCUT2D eigenvalue weighted by Crippen LogP contribution is -2.42. The maximum Gasteiger partial charge on any atom is 0.267 e. The van der Waals surface area contributed by atoms with E-state index in [1.165, 1.54) is 0 Å². The van der Waals surface area contributed by atoms with Crippen molar-refractivity contribution in [3.8, 4) is 17.2 Å². The molecule has 7 heteroatoms. The van der Waals surface area contributed by atoms with Crippen LogP contribution in [-0.4, -0.2) is 16.5 Å². The predicted molar refractivity (Wildman–Crippen MR) is 119 cm³/mol. The average molecular weight is 441 g/mol. The van der Waals surface area contributed by atoms with E-state index in [4.69, 9.17) is 32.4 Å². The number of halogens is 2. The van der Waals surface area contributed by atoms with Gasteiger partial charge in [-0.25, -0.2) is 4.98 Å². The number of fused-ring (bicyclic) bond motifs is 1. The Bertz CT molecular complexity index is 1220. The van der Waals surface area contributed by atoms with E-state index in [0.29, 0.717) is 44.0 Å². The number of anilines is 1. The molecule has 0 aliphatic heterocycles. The topological polar surface area (TPSA) is 64.4 Å². The smallest absolute Gasteiger partial charge is 0.267 e. The number of ether oxygens (including phenoxy) is 1. The Morgan fingerprint density at radius 1 is 1.03 bits per heavy atom. The molecule has 0 unspecified atom stereocenters. The van der Waals surface area contributed by atoms with E-state index in [2.05, 4.69) is 10.3 Å². The summed E-state index contributed by atoms with van der Waals surface area (Å²) in [4.78, 5) is 17.3. The number of nitrogens with one attached hydrogen (secondary N) is 1. The molecule has 0 saturated heterocycles. The maximum absolute atomic E-state index is 12.8. The van der Waals surface area contributed by atoms with Crippen molar-refractivity contribution in [3.63, 3.8) is 0 Å². The minimum absolute atomic E-state index is 0.282. The van der Waals surface area contributed by atoms with E-state index in [0.717, 1.165) is 0 Å². The van der Waals surface area contributed by atoms with Gasteiger partial charge in [-0.2, -0.15) is 0 Å². The quantitative estimate of drug-likeness (QED) is 0.379. The van der Waals surface area contributed by atoms with Crippen LogP contribution in [0.4, 0.5) is 5.69 Å². The van der Waals surface area contributed by atoms with Crippen molar-refractivity contribution in [2.24, 2.45) is 0 Å². The van der Waals surface area contributed by atoms with E-state index >= 15 is 0 Å². The number of oxazole rings is 1.